The molecule has 8 nitrogen and oxygen atoms in total. The van der Waals surface area contributed by atoms with Crippen molar-refractivity contribution in [2.24, 2.45) is 0 Å². The molecular formula is C20H25N5O3S. The number of benzene rings is 1. The molecule has 0 radical (unpaired) electrons. The molecule has 1 saturated heterocycles. The average Bonchev–Trinajstić information content (AvgIpc) is 2.73. The number of hydrogen-bond acceptors (Lipinski definition) is 6. The van der Waals surface area contributed by atoms with E-state index in [0.29, 0.717) is 19.4 Å². The highest BCUT2D eigenvalue weighted by Gasteiger charge is 2.33. The van der Waals surface area contributed by atoms with Gasteiger partial charge in [-0.05, 0) is 38.8 Å². The van der Waals surface area contributed by atoms with Crippen molar-refractivity contribution >= 4 is 15.7 Å². The van der Waals surface area contributed by atoms with Crippen molar-refractivity contribution < 1.29 is 8.42 Å². The maximum absolute atomic E-state index is 13.1. The van der Waals surface area contributed by atoms with Gasteiger partial charge in [-0.25, -0.2) is 13.1 Å². The van der Waals surface area contributed by atoms with Crippen LogP contribution in [-0.4, -0.2) is 48.7 Å². The molecule has 29 heavy (non-hydrogen) atoms. The SMILES string of the molecule is CC(C)N(C)c1cnn(C2CCCN(S(=O)(=O)c3ccccc3C#N)C2)c(=O)c1. The summed E-state index contributed by atoms with van der Waals surface area (Å²) < 4.78 is 28.9. The molecule has 1 fully saturated rings. The van der Waals surface area contributed by atoms with Crippen molar-refractivity contribution in [3.8, 4) is 6.07 Å². The largest absolute Gasteiger partial charge is 0.371 e. The van der Waals surface area contributed by atoms with E-state index in [0.717, 1.165) is 5.69 Å². The highest BCUT2D eigenvalue weighted by molar-refractivity contribution is 7.89. The van der Waals surface area contributed by atoms with Crippen LogP contribution in [0.5, 0.6) is 0 Å². The maximum atomic E-state index is 13.1. The second-order valence-electron chi connectivity index (χ2n) is 7.47. The smallest absolute Gasteiger partial charge is 0.269 e. The predicted octanol–water partition coefficient (Wildman–Crippen LogP) is 1.99. The fourth-order valence-electron chi connectivity index (χ4n) is 3.44. The summed E-state index contributed by atoms with van der Waals surface area (Å²) in [6, 6.07) is 9.52. The van der Waals surface area contributed by atoms with Crippen molar-refractivity contribution in [1.82, 2.24) is 14.1 Å². The van der Waals surface area contributed by atoms with Gasteiger partial charge in [0, 0.05) is 32.2 Å². The summed E-state index contributed by atoms with van der Waals surface area (Å²) in [7, 11) is -1.94. The minimum atomic E-state index is -3.83. The van der Waals surface area contributed by atoms with Gasteiger partial charge in [0.25, 0.3) is 5.56 Å². The van der Waals surface area contributed by atoms with E-state index in [-0.39, 0.29) is 34.6 Å². The van der Waals surface area contributed by atoms with E-state index in [9.17, 15) is 18.5 Å². The minimum absolute atomic E-state index is 0.00244. The molecule has 1 aliphatic rings. The summed E-state index contributed by atoms with van der Waals surface area (Å²) in [5.41, 5.74) is 0.590. The van der Waals surface area contributed by atoms with Gasteiger partial charge in [-0.3, -0.25) is 4.79 Å². The molecule has 1 aromatic heterocycles. The summed E-state index contributed by atoms with van der Waals surface area (Å²) in [5.74, 6) is 0. The Bertz CT molecular complexity index is 1090. The molecule has 0 spiro atoms. The summed E-state index contributed by atoms with van der Waals surface area (Å²) in [6.45, 7) is 4.54. The van der Waals surface area contributed by atoms with Crippen molar-refractivity contribution in [3.63, 3.8) is 0 Å². The second-order valence-corrected chi connectivity index (χ2v) is 9.37. The van der Waals surface area contributed by atoms with E-state index in [1.54, 1.807) is 18.3 Å². The number of hydrogen-bond donors (Lipinski definition) is 0. The van der Waals surface area contributed by atoms with Gasteiger partial charge in [0.15, 0.2) is 0 Å². The topological polar surface area (TPSA) is 99.3 Å². The van der Waals surface area contributed by atoms with Crippen molar-refractivity contribution in [2.45, 2.75) is 43.7 Å². The number of anilines is 1. The van der Waals surface area contributed by atoms with Crippen LogP contribution in [0.25, 0.3) is 0 Å². The monoisotopic (exact) mass is 415 g/mol. The van der Waals surface area contributed by atoms with E-state index in [4.69, 9.17) is 0 Å². The van der Waals surface area contributed by atoms with Gasteiger partial charge in [-0.2, -0.15) is 14.7 Å². The van der Waals surface area contributed by atoms with Crippen LogP contribution >= 0.6 is 0 Å². The van der Waals surface area contributed by atoms with Crippen LogP contribution in [0.4, 0.5) is 5.69 Å². The van der Waals surface area contributed by atoms with E-state index in [1.807, 2.05) is 31.9 Å². The Morgan fingerprint density at radius 3 is 2.69 bits per heavy atom. The van der Waals surface area contributed by atoms with Gasteiger partial charge < -0.3 is 4.90 Å². The van der Waals surface area contributed by atoms with Gasteiger partial charge in [-0.1, -0.05) is 12.1 Å². The van der Waals surface area contributed by atoms with Crippen LogP contribution in [0.2, 0.25) is 0 Å². The predicted molar refractivity (Wildman–Crippen MR) is 110 cm³/mol. The lowest BCUT2D eigenvalue weighted by Crippen LogP contribution is -2.43. The van der Waals surface area contributed by atoms with Crippen LogP contribution < -0.4 is 10.5 Å². The number of rotatable bonds is 5. The molecule has 1 aliphatic heterocycles. The normalized spacial score (nSPS) is 17.8. The highest BCUT2D eigenvalue weighted by Crippen LogP contribution is 2.27. The van der Waals surface area contributed by atoms with Crippen molar-refractivity contribution in [3.05, 3.63) is 52.4 Å². The zero-order valence-corrected chi connectivity index (χ0v) is 17.6. The number of piperidine rings is 1. The maximum Gasteiger partial charge on any atom is 0.269 e. The Morgan fingerprint density at radius 2 is 2.03 bits per heavy atom. The molecule has 0 aliphatic carbocycles. The zero-order chi connectivity index (χ0) is 21.2. The molecule has 0 bridgehead atoms. The quantitative estimate of drug-likeness (QED) is 0.740. The number of nitriles is 1. The van der Waals surface area contributed by atoms with Crippen molar-refractivity contribution in [2.75, 3.05) is 25.0 Å². The first kappa shape index (κ1) is 21.0. The molecule has 2 aromatic rings. The van der Waals surface area contributed by atoms with E-state index < -0.39 is 10.0 Å². The summed E-state index contributed by atoms with van der Waals surface area (Å²) in [5, 5.41) is 13.6. The van der Waals surface area contributed by atoms with Gasteiger partial charge in [0.2, 0.25) is 10.0 Å². The molecule has 154 valence electrons. The lowest BCUT2D eigenvalue weighted by Gasteiger charge is -2.32. The van der Waals surface area contributed by atoms with Gasteiger partial charge in [-0.15, -0.1) is 0 Å². The molecule has 1 unspecified atom stereocenters. The summed E-state index contributed by atoms with van der Waals surface area (Å²) in [6.07, 6.45) is 2.92. The summed E-state index contributed by atoms with van der Waals surface area (Å²) in [4.78, 5) is 14.6. The third kappa shape index (κ3) is 4.18. The van der Waals surface area contributed by atoms with Gasteiger partial charge >= 0.3 is 0 Å². The lowest BCUT2D eigenvalue weighted by atomic mass is 10.1. The standard InChI is InChI=1S/C20H25N5O3S/c1-15(2)23(3)18-11-20(26)25(22-13-18)17-8-6-10-24(14-17)29(27,28)19-9-5-4-7-16(19)12-21/h4-5,7,9,11,13,15,17H,6,8,10,14H2,1-3H3. The van der Waals surface area contributed by atoms with E-state index >= 15 is 0 Å². The average molecular weight is 416 g/mol. The highest BCUT2D eigenvalue weighted by atomic mass is 32.2. The zero-order valence-electron chi connectivity index (χ0n) is 16.8. The first-order valence-corrected chi connectivity index (χ1v) is 11.0. The molecule has 3 rings (SSSR count). The minimum Gasteiger partial charge on any atom is -0.371 e. The van der Waals surface area contributed by atoms with Gasteiger partial charge in [0.1, 0.15) is 6.07 Å². The number of sulfonamides is 1. The lowest BCUT2D eigenvalue weighted by molar-refractivity contribution is 0.247. The molecular weight excluding hydrogens is 390 g/mol. The molecule has 0 saturated carbocycles. The number of aromatic nitrogens is 2. The van der Waals surface area contributed by atoms with Crippen LogP contribution in [-0.2, 0) is 10.0 Å². The molecule has 9 heteroatoms. The fraction of sp³-hybridized carbons (Fsp3) is 0.450. The second kappa shape index (κ2) is 8.35. The van der Waals surface area contributed by atoms with Crippen molar-refractivity contribution in [1.29, 1.82) is 5.26 Å². The molecule has 2 heterocycles. The van der Waals surface area contributed by atoms with Gasteiger partial charge in [0.05, 0.1) is 28.4 Å². The Balaban J connectivity index is 1.88. The third-order valence-electron chi connectivity index (χ3n) is 5.32. The summed E-state index contributed by atoms with van der Waals surface area (Å²) >= 11 is 0. The Labute approximate surface area is 171 Å². The molecule has 1 aromatic carbocycles. The van der Waals surface area contributed by atoms with Crippen LogP contribution in [0.15, 0.2) is 46.2 Å². The van der Waals surface area contributed by atoms with E-state index in [2.05, 4.69) is 5.10 Å². The first-order valence-electron chi connectivity index (χ1n) is 9.56. The number of nitrogens with zero attached hydrogens (tertiary/aromatic N) is 5. The Kier molecular flexibility index (Phi) is 6.05. The Hall–Kier alpha value is -2.70. The molecule has 0 N–H and O–H groups in total. The first-order chi connectivity index (χ1) is 13.8. The molecule has 0 amide bonds. The Morgan fingerprint density at radius 1 is 1.31 bits per heavy atom. The van der Waals surface area contributed by atoms with E-state index in [1.165, 1.54) is 27.2 Å². The molecule has 1 atom stereocenters. The van der Waals surface area contributed by atoms with Crippen LogP contribution in [0.1, 0.15) is 38.3 Å². The fourth-order valence-corrected chi connectivity index (χ4v) is 5.09. The third-order valence-corrected chi connectivity index (χ3v) is 7.25. The van der Waals surface area contributed by atoms with Crippen LogP contribution in [0, 0.1) is 11.3 Å². The van der Waals surface area contributed by atoms with Crippen LogP contribution in [0.3, 0.4) is 0 Å².